The smallest absolute Gasteiger partial charge is 0.274 e. The second-order valence-corrected chi connectivity index (χ2v) is 6.40. The number of aliphatic hydroxyl groups is 1. The number of nitrogens with zero attached hydrogens (tertiary/aromatic N) is 2. The monoisotopic (exact) mass is 359 g/mol. The van der Waals surface area contributed by atoms with Gasteiger partial charge in [0.15, 0.2) is 17.2 Å². The second kappa shape index (κ2) is 8.71. The number of ether oxygens (including phenoxy) is 2. The van der Waals surface area contributed by atoms with Gasteiger partial charge in [-0.2, -0.15) is 5.10 Å². The van der Waals surface area contributed by atoms with Crippen molar-refractivity contribution in [2.45, 2.75) is 38.3 Å². The zero-order chi connectivity index (χ0) is 18.4. The summed E-state index contributed by atoms with van der Waals surface area (Å²) in [7, 11) is 1.59. The van der Waals surface area contributed by atoms with Gasteiger partial charge >= 0.3 is 0 Å². The molecule has 0 bridgehead atoms. The molecule has 1 aromatic heterocycles. The Hall–Kier alpha value is -2.54. The largest absolute Gasteiger partial charge is 0.493 e. The van der Waals surface area contributed by atoms with Gasteiger partial charge in [0.05, 0.1) is 25.5 Å². The summed E-state index contributed by atoms with van der Waals surface area (Å²) >= 11 is 0. The highest BCUT2D eigenvalue weighted by Gasteiger charge is 2.27. The molecule has 2 heterocycles. The fraction of sp³-hybridized carbons (Fsp3) is 0.474. The van der Waals surface area contributed by atoms with Gasteiger partial charge in [0, 0.05) is 6.54 Å². The van der Waals surface area contributed by atoms with Crippen LogP contribution < -0.4 is 9.47 Å². The molecule has 1 aliphatic heterocycles. The Morgan fingerprint density at radius 2 is 2.12 bits per heavy atom. The van der Waals surface area contributed by atoms with E-state index in [9.17, 15) is 9.90 Å². The average molecular weight is 359 g/mol. The molecule has 140 valence electrons. The summed E-state index contributed by atoms with van der Waals surface area (Å²) < 4.78 is 11.0. The van der Waals surface area contributed by atoms with Crippen LogP contribution in [0.5, 0.6) is 11.5 Å². The maximum atomic E-state index is 12.8. The molecule has 1 amide bonds. The van der Waals surface area contributed by atoms with Crippen molar-refractivity contribution < 1.29 is 19.4 Å². The summed E-state index contributed by atoms with van der Waals surface area (Å²) in [5.41, 5.74) is 1.05. The molecule has 7 heteroatoms. The number of carbonyl (C=O) groups excluding carboxylic acids is 1. The Kier molecular flexibility index (Phi) is 6.12. The topological polar surface area (TPSA) is 87.7 Å². The lowest BCUT2D eigenvalue weighted by Gasteiger charge is -2.27. The molecule has 0 saturated carbocycles. The number of benzene rings is 1. The molecule has 1 fully saturated rings. The number of likely N-dealkylation sites (tertiary alicyclic amines) is 1. The minimum Gasteiger partial charge on any atom is -0.493 e. The Bertz CT molecular complexity index is 731. The minimum absolute atomic E-state index is 0.0140. The number of carbonyl (C=O) groups is 1. The average Bonchev–Trinajstić information content (AvgIpc) is 3.02. The predicted molar refractivity (Wildman–Crippen MR) is 96.3 cm³/mol. The lowest BCUT2D eigenvalue weighted by atomic mass is 10.1. The summed E-state index contributed by atoms with van der Waals surface area (Å²) in [5.74, 6) is 1.13. The number of hydrogen-bond acceptors (Lipinski definition) is 5. The third-order valence-electron chi connectivity index (χ3n) is 4.65. The van der Waals surface area contributed by atoms with E-state index in [1.807, 2.05) is 24.3 Å². The van der Waals surface area contributed by atoms with Gasteiger partial charge in [-0.3, -0.25) is 9.89 Å². The quantitative estimate of drug-likeness (QED) is 0.827. The maximum absolute atomic E-state index is 12.8. The zero-order valence-electron chi connectivity index (χ0n) is 15.0. The molecule has 0 aliphatic carbocycles. The SMILES string of the molecule is COc1ccccc1OCc1cc(C(=O)N2CCCCC[C@@H]2CO)n[nH]1. The van der Waals surface area contributed by atoms with Crippen LogP contribution in [0.3, 0.4) is 0 Å². The van der Waals surface area contributed by atoms with Crippen molar-refractivity contribution in [3.05, 3.63) is 41.7 Å². The standard InChI is InChI=1S/C19H25N3O4/c1-25-17-8-4-5-9-18(17)26-13-14-11-16(21-20-14)19(24)22-10-6-2-3-7-15(22)12-23/h4-5,8-9,11,15,23H,2-3,6-7,10,12-13H2,1H3,(H,20,21)/t15-/m1/s1. The van der Waals surface area contributed by atoms with Gasteiger partial charge in [-0.05, 0) is 31.0 Å². The first kappa shape index (κ1) is 18.3. The van der Waals surface area contributed by atoms with Crippen LogP contribution in [-0.4, -0.2) is 52.4 Å². The van der Waals surface area contributed by atoms with E-state index in [4.69, 9.17) is 9.47 Å². The number of aromatic nitrogens is 2. The van der Waals surface area contributed by atoms with Gasteiger partial charge in [0.1, 0.15) is 6.61 Å². The number of rotatable bonds is 6. The van der Waals surface area contributed by atoms with Crippen LogP contribution in [0.25, 0.3) is 0 Å². The van der Waals surface area contributed by atoms with Crippen molar-refractivity contribution in [3.8, 4) is 11.5 Å². The van der Waals surface area contributed by atoms with Gasteiger partial charge in [0.2, 0.25) is 0 Å². The third-order valence-corrected chi connectivity index (χ3v) is 4.65. The van der Waals surface area contributed by atoms with Gasteiger partial charge in [-0.15, -0.1) is 0 Å². The van der Waals surface area contributed by atoms with E-state index in [1.54, 1.807) is 18.1 Å². The van der Waals surface area contributed by atoms with E-state index < -0.39 is 0 Å². The summed E-state index contributed by atoms with van der Waals surface area (Å²) in [5, 5.41) is 16.6. The van der Waals surface area contributed by atoms with E-state index in [1.165, 1.54) is 0 Å². The van der Waals surface area contributed by atoms with Crippen LogP contribution in [0.15, 0.2) is 30.3 Å². The highest BCUT2D eigenvalue weighted by Crippen LogP contribution is 2.26. The number of nitrogens with one attached hydrogen (secondary N) is 1. The summed E-state index contributed by atoms with van der Waals surface area (Å²) in [4.78, 5) is 14.5. The fourth-order valence-corrected chi connectivity index (χ4v) is 3.22. The van der Waals surface area contributed by atoms with Gasteiger partial charge in [-0.25, -0.2) is 0 Å². The molecular weight excluding hydrogens is 334 g/mol. The molecule has 1 saturated heterocycles. The lowest BCUT2D eigenvalue weighted by Crippen LogP contribution is -2.42. The number of hydrogen-bond donors (Lipinski definition) is 2. The molecular formula is C19H25N3O4. The van der Waals surface area contributed by atoms with Crippen LogP contribution >= 0.6 is 0 Å². The van der Waals surface area contributed by atoms with Crippen LogP contribution in [0.4, 0.5) is 0 Å². The van der Waals surface area contributed by atoms with Crippen LogP contribution in [0.1, 0.15) is 41.9 Å². The number of para-hydroxylation sites is 2. The summed E-state index contributed by atoms with van der Waals surface area (Å²) in [6, 6.07) is 8.97. The molecule has 2 N–H and O–H groups in total. The Balaban J connectivity index is 1.66. The summed E-state index contributed by atoms with van der Waals surface area (Å²) in [6.45, 7) is 0.897. The Morgan fingerprint density at radius 1 is 1.31 bits per heavy atom. The van der Waals surface area contributed by atoms with Crippen molar-refractivity contribution in [3.63, 3.8) is 0 Å². The molecule has 1 atom stereocenters. The molecule has 3 rings (SSSR count). The van der Waals surface area contributed by atoms with Crippen molar-refractivity contribution in [1.82, 2.24) is 15.1 Å². The van der Waals surface area contributed by atoms with E-state index in [2.05, 4.69) is 10.2 Å². The molecule has 1 aromatic carbocycles. The number of H-pyrrole nitrogens is 1. The van der Waals surface area contributed by atoms with Crippen LogP contribution in [0, 0.1) is 0 Å². The van der Waals surface area contributed by atoms with Gasteiger partial charge in [0.25, 0.3) is 5.91 Å². The molecule has 0 unspecified atom stereocenters. The molecule has 0 radical (unpaired) electrons. The number of aromatic amines is 1. The Labute approximate surface area is 152 Å². The molecule has 2 aromatic rings. The Morgan fingerprint density at radius 3 is 2.88 bits per heavy atom. The van der Waals surface area contributed by atoms with Gasteiger partial charge < -0.3 is 19.5 Å². The van der Waals surface area contributed by atoms with Crippen molar-refractivity contribution in [2.75, 3.05) is 20.3 Å². The number of methoxy groups -OCH3 is 1. The number of aliphatic hydroxyl groups excluding tert-OH is 1. The second-order valence-electron chi connectivity index (χ2n) is 6.40. The van der Waals surface area contributed by atoms with Crippen LogP contribution in [0.2, 0.25) is 0 Å². The highest BCUT2D eigenvalue weighted by atomic mass is 16.5. The molecule has 7 nitrogen and oxygen atoms in total. The zero-order valence-corrected chi connectivity index (χ0v) is 15.0. The minimum atomic E-state index is -0.147. The van der Waals surface area contributed by atoms with Crippen molar-refractivity contribution >= 4 is 5.91 Å². The lowest BCUT2D eigenvalue weighted by molar-refractivity contribution is 0.0594. The maximum Gasteiger partial charge on any atom is 0.274 e. The molecule has 1 aliphatic rings. The normalized spacial score (nSPS) is 17.6. The third kappa shape index (κ3) is 4.16. The van der Waals surface area contributed by atoms with Crippen molar-refractivity contribution in [2.24, 2.45) is 0 Å². The fourth-order valence-electron chi connectivity index (χ4n) is 3.22. The predicted octanol–water partition coefficient (Wildman–Crippen LogP) is 2.37. The first-order chi connectivity index (χ1) is 12.7. The summed E-state index contributed by atoms with van der Waals surface area (Å²) in [6.07, 6.45) is 3.90. The molecule has 26 heavy (non-hydrogen) atoms. The van der Waals surface area contributed by atoms with Crippen molar-refractivity contribution in [1.29, 1.82) is 0 Å². The van der Waals surface area contributed by atoms with E-state index in [-0.39, 0.29) is 25.2 Å². The highest BCUT2D eigenvalue weighted by molar-refractivity contribution is 5.92. The first-order valence-electron chi connectivity index (χ1n) is 8.95. The van der Waals surface area contributed by atoms with E-state index in [0.717, 1.165) is 25.7 Å². The van der Waals surface area contributed by atoms with Crippen LogP contribution in [-0.2, 0) is 6.61 Å². The molecule has 0 spiro atoms. The van der Waals surface area contributed by atoms with Gasteiger partial charge in [-0.1, -0.05) is 25.0 Å². The first-order valence-corrected chi connectivity index (χ1v) is 8.95. The van der Waals surface area contributed by atoms with E-state index >= 15 is 0 Å². The number of amides is 1. The van der Waals surface area contributed by atoms with E-state index in [0.29, 0.717) is 29.4 Å².